The van der Waals surface area contributed by atoms with Crippen molar-refractivity contribution in [2.45, 2.75) is 64.7 Å². The highest BCUT2D eigenvalue weighted by Gasteiger charge is 2.40. The molecule has 21 heavy (non-hydrogen) atoms. The zero-order valence-electron chi connectivity index (χ0n) is 13.1. The number of rotatable bonds is 6. The molecule has 1 N–H and O–H groups in total. The maximum atomic E-state index is 12.7. The smallest absolute Gasteiger partial charge is 0.241 e. The van der Waals surface area contributed by atoms with E-state index in [4.69, 9.17) is 11.6 Å². The lowest BCUT2D eigenvalue weighted by Gasteiger charge is -2.30. The fourth-order valence-electron chi connectivity index (χ4n) is 2.87. The third-order valence-corrected chi connectivity index (χ3v) is 4.50. The molecule has 3 unspecified atom stereocenters. The number of nitrogens with one attached hydrogen (secondary N) is 1. The Morgan fingerprint density at radius 2 is 2.14 bits per heavy atom. The number of unbranched alkanes of at least 4 members (excludes halogenated alkanes) is 1. The lowest BCUT2D eigenvalue weighted by atomic mass is 10.1. The third-order valence-electron chi connectivity index (χ3n) is 4.27. The number of benzene rings is 1. The van der Waals surface area contributed by atoms with E-state index >= 15 is 0 Å². The topological polar surface area (TPSA) is 32.3 Å². The van der Waals surface area contributed by atoms with Gasteiger partial charge in [0.2, 0.25) is 5.91 Å². The fraction of sp³-hybridized carbons (Fsp3) is 0.588. The molecule has 0 spiro atoms. The van der Waals surface area contributed by atoms with E-state index in [-0.39, 0.29) is 24.2 Å². The molecular formula is C17H25ClN2O. The monoisotopic (exact) mass is 308 g/mol. The fourth-order valence-corrected chi connectivity index (χ4v) is 3.07. The van der Waals surface area contributed by atoms with Gasteiger partial charge < -0.3 is 4.90 Å². The Balaban J connectivity index is 2.26. The minimum atomic E-state index is -0.0667. The Morgan fingerprint density at radius 1 is 1.38 bits per heavy atom. The predicted molar refractivity (Wildman–Crippen MR) is 87.2 cm³/mol. The molecule has 0 saturated carbocycles. The first kappa shape index (κ1) is 16.3. The van der Waals surface area contributed by atoms with Crippen molar-refractivity contribution in [3.63, 3.8) is 0 Å². The summed E-state index contributed by atoms with van der Waals surface area (Å²) in [5, 5.41) is 4.21. The largest absolute Gasteiger partial charge is 0.319 e. The molecule has 0 bridgehead atoms. The van der Waals surface area contributed by atoms with Crippen molar-refractivity contribution in [2.75, 3.05) is 0 Å². The highest BCUT2D eigenvalue weighted by Crippen LogP contribution is 2.31. The molecule has 3 atom stereocenters. The van der Waals surface area contributed by atoms with E-state index in [1.807, 2.05) is 29.2 Å². The summed E-state index contributed by atoms with van der Waals surface area (Å²) in [5.41, 5.74) is 1.06. The molecule has 1 aliphatic rings. The van der Waals surface area contributed by atoms with Crippen LogP contribution in [-0.4, -0.2) is 22.9 Å². The molecule has 0 aliphatic carbocycles. The lowest BCUT2D eigenvalue weighted by molar-refractivity contribution is -0.132. The molecule has 1 aliphatic heterocycles. The van der Waals surface area contributed by atoms with Gasteiger partial charge in [0, 0.05) is 11.1 Å². The molecule has 1 heterocycles. The van der Waals surface area contributed by atoms with Crippen LogP contribution in [0.3, 0.4) is 0 Å². The normalized spacial score (nSPS) is 23.6. The van der Waals surface area contributed by atoms with Crippen molar-refractivity contribution in [2.24, 2.45) is 0 Å². The van der Waals surface area contributed by atoms with Crippen LogP contribution in [0, 0.1) is 0 Å². The van der Waals surface area contributed by atoms with Crippen LogP contribution < -0.4 is 5.32 Å². The molecule has 116 valence electrons. The summed E-state index contributed by atoms with van der Waals surface area (Å²) in [4.78, 5) is 14.7. The number of halogens is 1. The first-order chi connectivity index (χ1) is 10.1. The minimum absolute atomic E-state index is 0.0620. The molecule has 1 fully saturated rings. The van der Waals surface area contributed by atoms with Gasteiger partial charge in [0.15, 0.2) is 0 Å². The van der Waals surface area contributed by atoms with E-state index in [9.17, 15) is 4.79 Å². The van der Waals surface area contributed by atoms with Crippen LogP contribution in [0.5, 0.6) is 0 Å². The second kappa shape index (κ2) is 7.28. The van der Waals surface area contributed by atoms with E-state index in [1.165, 1.54) is 0 Å². The van der Waals surface area contributed by atoms with E-state index in [0.29, 0.717) is 5.02 Å². The molecule has 1 aromatic rings. The number of hydrogen-bond donors (Lipinski definition) is 1. The quantitative estimate of drug-likeness (QED) is 0.857. The van der Waals surface area contributed by atoms with Crippen molar-refractivity contribution in [3.05, 3.63) is 34.9 Å². The molecule has 0 aromatic heterocycles. The van der Waals surface area contributed by atoms with Gasteiger partial charge >= 0.3 is 0 Å². The zero-order chi connectivity index (χ0) is 15.4. The molecular weight excluding hydrogens is 284 g/mol. The number of hydrogen-bond acceptors (Lipinski definition) is 2. The molecule has 1 saturated heterocycles. The van der Waals surface area contributed by atoms with Gasteiger partial charge in [-0.25, -0.2) is 0 Å². The summed E-state index contributed by atoms with van der Waals surface area (Å²) in [6.07, 6.45) is 3.97. The zero-order valence-corrected chi connectivity index (χ0v) is 13.9. The van der Waals surface area contributed by atoms with Gasteiger partial charge in [0.1, 0.15) is 6.17 Å². The molecule has 4 heteroatoms. The summed E-state index contributed by atoms with van der Waals surface area (Å²) < 4.78 is 0. The summed E-state index contributed by atoms with van der Waals surface area (Å²) in [6, 6.07) is 7.95. The minimum Gasteiger partial charge on any atom is -0.319 e. The lowest BCUT2D eigenvalue weighted by Crippen LogP contribution is -2.38. The summed E-state index contributed by atoms with van der Waals surface area (Å²) in [7, 11) is 0. The highest BCUT2D eigenvalue weighted by molar-refractivity contribution is 6.30. The molecule has 1 amide bonds. The maximum absolute atomic E-state index is 12.7. The number of nitrogens with zero attached hydrogens (tertiary/aromatic N) is 1. The van der Waals surface area contributed by atoms with Crippen LogP contribution >= 0.6 is 11.6 Å². The maximum Gasteiger partial charge on any atom is 0.241 e. The van der Waals surface area contributed by atoms with Gasteiger partial charge in [-0.15, -0.1) is 0 Å². The molecule has 3 nitrogen and oxygen atoms in total. The second-order valence-electron chi connectivity index (χ2n) is 5.82. The van der Waals surface area contributed by atoms with Crippen molar-refractivity contribution in [1.29, 1.82) is 0 Å². The van der Waals surface area contributed by atoms with Gasteiger partial charge in [-0.05, 0) is 37.5 Å². The van der Waals surface area contributed by atoms with Gasteiger partial charge in [-0.1, -0.05) is 50.4 Å². The van der Waals surface area contributed by atoms with Gasteiger partial charge in [-0.2, -0.15) is 0 Å². The summed E-state index contributed by atoms with van der Waals surface area (Å²) in [6.45, 7) is 6.38. The molecule has 2 rings (SSSR count). The van der Waals surface area contributed by atoms with Crippen molar-refractivity contribution >= 4 is 17.5 Å². The summed E-state index contributed by atoms with van der Waals surface area (Å²) >= 11 is 6.11. The van der Waals surface area contributed by atoms with Crippen molar-refractivity contribution in [3.8, 4) is 0 Å². The Labute approximate surface area is 132 Å². The number of carbonyl (C=O) groups is 1. The molecule has 1 aromatic carbocycles. The SMILES string of the molecule is CCCCC1NC(c2cccc(Cl)c2)N(C(C)CC)C1=O. The highest BCUT2D eigenvalue weighted by atomic mass is 35.5. The van der Waals surface area contributed by atoms with E-state index in [0.717, 1.165) is 31.2 Å². The summed E-state index contributed by atoms with van der Waals surface area (Å²) in [5.74, 6) is 0.225. The van der Waals surface area contributed by atoms with Gasteiger partial charge in [-0.3, -0.25) is 10.1 Å². The Kier molecular flexibility index (Phi) is 5.65. The Morgan fingerprint density at radius 3 is 2.76 bits per heavy atom. The van der Waals surface area contributed by atoms with Crippen molar-refractivity contribution < 1.29 is 4.79 Å². The van der Waals surface area contributed by atoms with Crippen LogP contribution in [0.15, 0.2) is 24.3 Å². The second-order valence-corrected chi connectivity index (χ2v) is 6.26. The van der Waals surface area contributed by atoms with E-state index < -0.39 is 0 Å². The Bertz CT molecular complexity index is 491. The van der Waals surface area contributed by atoms with Crippen LogP contribution in [-0.2, 0) is 4.79 Å². The average Bonchev–Trinajstić information content (AvgIpc) is 2.81. The van der Waals surface area contributed by atoms with Crippen LogP contribution in [0.2, 0.25) is 5.02 Å². The number of carbonyl (C=O) groups excluding carboxylic acids is 1. The van der Waals surface area contributed by atoms with Gasteiger partial charge in [0.25, 0.3) is 0 Å². The van der Waals surface area contributed by atoms with Crippen molar-refractivity contribution in [1.82, 2.24) is 10.2 Å². The van der Waals surface area contributed by atoms with E-state index in [2.05, 4.69) is 26.1 Å². The van der Waals surface area contributed by atoms with Crippen LogP contribution in [0.4, 0.5) is 0 Å². The number of amides is 1. The van der Waals surface area contributed by atoms with Gasteiger partial charge in [0.05, 0.1) is 6.04 Å². The van der Waals surface area contributed by atoms with Crippen LogP contribution in [0.1, 0.15) is 58.2 Å². The Hall–Kier alpha value is -1.06. The molecule has 0 radical (unpaired) electrons. The predicted octanol–water partition coefficient (Wildman–Crippen LogP) is 4.13. The third kappa shape index (κ3) is 3.58. The van der Waals surface area contributed by atoms with E-state index in [1.54, 1.807) is 0 Å². The van der Waals surface area contributed by atoms with Crippen LogP contribution in [0.25, 0.3) is 0 Å². The standard InChI is InChI=1S/C17H25ClN2O/c1-4-6-10-15-17(21)20(12(3)5-2)16(19-15)13-8-7-9-14(18)11-13/h7-9,11-12,15-16,19H,4-6,10H2,1-3H3. The first-order valence-electron chi connectivity index (χ1n) is 7.92. The first-order valence-corrected chi connectivity index (χ1v) is 8.30. The average molecular weight is 309 g/mol.